The molecule has 0 saturated heterocycles. The van der Waals surface area contributed by atoms with Crippen molar-refractivity contribution in [2.24, 2.45) is 5.41 Å². The number of ether oxygens (including phenoxy) is 1. The summed E-state index contributed by atoms with van der Waals surface area (Å²) in [6.45, 7) is 3.69. The highest BCUT2D eigenvalue weighted by atomic mass is 79.9. The normalized spacial score (nSPS) is 17.6. The van der Waals surface area contributed by atoms with Gasteiger partial charge in [-0.05, 0) is 77.8 Å². The molecule has 2 aliphatic carbocycles. The number of halogens is 1. The summed E-state index contributed by atoms with van der Waals surface area (Å²) in [7, 11) is 0. The number of allylic oxidation sites excluding steroid dienone is 2. The van der Waals surface area contributed by atoms with Gasteiger partial charge in [-0.15, -0.1) is 0 Å². The van der Waals surface area contributed by atoms with Gasteiger partial charge in [-0.3, -0.25) is 9.78 Å². The number of fused-ring (bicyclic) bond motifs is 1. The molecule has 1 fully saturated rings. The molecule has 2 heterocycles. The van der Waals surface area contributed by atoms with Gasteiger partial charge >= 0.3 is 5.97 Å². The van der Waals surface area contributed by atoms with Gasteiger partial charge in [-0.1, -0.05) is 31.4 Å². The minimum atomic E-state index is -0.596. The van der Waals surface area contributed by atoms with E-state index in [0.29, 0.717) is 10.9 Å². The third-order valence-corrected chi connectivity index (χ3v) is 7.97. The summed E-state index contributed by atoms with van der Waals surface area (Å²) in [5.74, 6) is 0.573. The van der Waals surface area contributed by atoms with Crippen molar-refractivity contribution in [1.82, 2.24) is 15.3 Å². The number of esters is 1. The van der Waals surface area contributed by atoms with E-state index in [1.807, 2.05) is 50.2 Å². The van der Waals surface area contributed by atoms with Crippen molar-refractivity contribution in [2.75, 3.05) is 5.32 Å². The Morgan fingerprint density at radius 1 is 1.08 bits per heavy atom. The number of hydrogen-bond donors (Lipinski definition) is 2. The standard InChI is InChI=1S/C29H31BrN4O3/c1-18(2)37-28(36)23(34-25-24(30)26(35)29(25)12-4-3-5-13-29)16-19-6-8-21(9-7-19)33-27-22-17-31-14-10-20(22)11-15-32-27/h6-11,14-15,17-18,23,34H,3-5,12-13,16H2,1-2H3,(H,32,33)/t23-/m1/s1. The molecule has 0 amide bonds. The van der Waals surface area contributed by atoms with Crippen LogP contribution in [0.15, 0.2) is 65.2 Å². The Morgan fingerprint density at radius 2 is 1.81 bits per heavy atom. The molecule has 8 heteroatoms. The predicted octanol–water partition coefficient (Wildman–Crippen LogP) is 5.97. The number of benzene rings is 1. The molecule has 1 atom stereocenters. The van der Waals surface area contributed by atoms with Crippen LogP contribution in [0.3, 0.4) is 0 Å². The van der Waals surface area contributed by atoms with E-state index in [2.05, 4.69) is 36.5 Å². The van der Waals surface area contributed by atoms with Crippen LogP contribution in [0.25, 0.3) is 10.8 Å². The Hall–Kier alpha value is -3.26. The van der Waals surface area contributed by atoms with Gasteiger partial charge in [0.05, 0.1) is 16.0 Å². The van der Waals surface area contributed by atoms with E-state index in [1.165, 1.54) is 0 Å². The van der Waals surface area contributed by atoms with Gasteiger partial charge in [-0.2, -0.15) is 0 Å². The molecule has 1 aromatic carbocycles. The number of hydrogen-bond acceptors (Lipinski definition) is 7. The first-order valence-electron chi connectivity index (χ1n) is 12.8. The van der Waals surface area contributed by atoms with Crippen LogP contribution < -0.4 is 10.6 Å². The zero-order chi connectivity index (χ0) is 26.0. The highest BCUT2D eigenvalue weighted by molar-refractivity contribution is 9.12. The molecular weight excluding hydrogens is 532 g/mol. The van der Waals surface area contributed by atoms with E-state index >= 15 is 0 Å². The summed E-state index contributed by atoms with van der Waals surface area (Å²) in [5, 5.41) is 8.80. The molecule has 1 spiro atoms. The van der Waals surface area contributed by atoms with Gasteiger partial charge in [0.2, 0.25) is 0 Å². The van der Waals surface area contributed by atoms with Crippen molar-refractivity contribution >= 4 is 50.0 Å². The summed E-state index contributed by atoms with van der Waals surface area (Å²) in [4.78, 5) is 34.6. The second-order valence-electron chi connectivity index (χ2n) is 10.1. The second kappa shape index (κ2) is 10.6. The molecule has 0 bridgehead atoms. The molecule has 1 saturated carbocycles. The fraction of sp³-hybridized carbons (Fsp3) is 0.379. The smallest absolute Gasteiger partial charge is 0.329 e. The molecule has 0 unspecified atom stereocenters. The maximum absolute atomic E-state index is 13.1. The van der Waals surface area contributed by atoms with Gasteiger partial charge in [0, 0.05) is 41.8 Å². The van der Waals surface area contributed by atoms with Crippen LogP contribution in [0.2, 0.25) is 0 Å². The molecule has 2 N–H and O–H groups in total. The molecule has 192 valence electrons. The van der Waals surface area contributed by atoms with E-state index in [9.17, 15) is 9.59 Å². The van der Waals surface area contributed by atoms with Crippen LogP contribution >= 0.6 is 15.9 Å². The predicted molar refractivity (Wildman–Crippen MR) is 148 cm³/mol. The number of nitrogens with one attached hydrogen (secondary N) is 2. The van der Waals surface area contributed by atoms with E-state index in [1.54, 1.807) is 18.6 Å². The number of pyridine rings is 2. The van der Waals surface area contributed by atoms with Crippen LogP contribution in [0.1, 0.15) is 51.5 Å². The Balaban J connectivity index is 1.34. The first-order valence-corrected chi connectivity index (χ1v) is 13.6. The third-order valence-electron chi connectivity index (χ3n) is 7.22. The van der Waals surface area contributed by atoms with Crippen molar-refractivity contribution in [1.29, 1.82) is 0 Å². The molecule has 2 aliphatic rings. The van der Waals surface area contributed by atoms with E-state index in [0.717, 1.165) is 65.6 Å². The molecular formula is C29H31BrN4O3. The van der Waals surface area contributed by atoms with Gasteiger partial charge in [0.25, 0.3) is 0 Å². The van der Waals surface area contributed by atoms with Crippen LogP contribution in [0.5, 0.6) is 0 Å². The average Bonchev–Trinajstić information content (AvgIpc) is 2.91. The summed E-state index contributed by atoms with van der Waals surface area (Å²) in [5.41, 5.74) is 2.24. The number of rotatable bonds is 8. The Morgan fingerprint density at radius 3 is 2.54 bits per heavy atom. The van der Waals surface area contributed by atoms with Crippen molar-refractivity contribution in [2.45, 2.75) is 64.5 Å². The van der Waals surface area contributed by atoms with Crippen molar-refractivity contribution in [3.8, 4) is 0 Å². The maximum atomic E-state index is 13.1. The number of ketones is 1. The number of carbonyl (C=O) groups excluding carboxylic acids is 2. The molecule has 0 aliphatic heterocycles. The summed E-state index contributed by atoms with van der Waals surface area (Å²) < 4.78 is 6.15. The summed E-state index contributed by atoms with van der Waals surface area (Å²) in [6.07, 6.45) is 10.4. The molecule has 3 aromatic rings. The van der Waals surface area contributed by atoms with Crippen LogP contribution in [-0.2, 0) is 20.7 Å². The van der Waals surface area contributed by atoms with Crippen LogP contribution in [-0.4, -0.2) is 33.9 Å². The SMILES string of the molecule is CC(C)OC(=O)[C@@H](Cc1ccc(Nc2nccc3ccncc23)cc1)NC1=C(Br)C(=O)C12CCCCC2. The highest BCUT2D eigenvalue weighted by Crippen LogP contribution is 2.53. The Labute approximate surface area is 225 Å². The number of nitrogens with zero attached hydrogens (tertiary/aromatic N) is 2. The lowest BCUT2D eigenvalue weighted by Crippen LogP contribution is -2.53. The summed E-state index contributed by atoms with van der Waals surface area (Å²) >= 11 is 3.47. The molecule has 5 rings (SSSR count). The first kappa shape index (κ1) is 25.4. The highest BCUT2D eigenvalue weighted by Gasteiger charge is 2.53. The zero-order valence-electron chi connectivity index (χ0n) is 21.1. The van der Waals surface area contributed by atoms with Crippen molar-refractivity contribution < 1.29 is 14.3 Å². The number of carbonyl (C=O) groups is 2. The lowest BCUT2D eigenvalue weighted by atomic mass is 9.62. The lowest BCUT2D eigenvalue weighted by molar-refractivity contribution is -0.150. The molecule has 0 radical (unpaired) electrons. The van der Waals surface area contributed by atoms with Gasteiger partial charge in [0.15, 0.2) is 5.78 Å². The Bertz CT molecular complexity index is 1340. The minimum Gasteiger partial charge on any atom is -0.461 e. The van der Waals surface area contributed by atoms with E-state index in [4.69, 9.17) is 4.74 Å². The molecule has 7 nitrogen and oxygen atoms in total. The average molecular weight is 563 g/mol. The monoisotopic (exact) mass is 562 g/mol. The zero-order valence-corrected chi connectivity index (χ0v) is 22.7. The van der Waals surface area contributed by atoms with Crippen molar-refractivity contribution in [3.63, 3.8) is 0 Å². The lowest BCUT2D eigenvalue weighted by Gasteiger charge is -2.46. The van der Waals surface area contributed by atoms with E-state index in [-0.39, 0.29) is 17.9 Å². The van der Waals surface area contributed by atoms with Crippen LogP contribution in [0, 0.1) is 5.41 Å². The van der Waals surface area contributed by atoms with E-state index < -0.39 is 11.5 Å². The quantitative estimate of drug-likeness (QED) is 0.327. The fourth-order valence-electron chi connectivity index (χ4n) is 5.31. The number of aromatic nitrogens is 2. The number of anilines is 2. The Kier molecular flexibility index (Phi) is 7.29. The topological polar surface area (TPSA) is 93.2 Å². The first-order chi connectivity index (χ1) is 17.9. The van der Waals surface area contributed by atoms with Gasteiger partial charge < -0.3 is 15.4 Å². The van der Waals surface area contributed by atoms with Crippen molar-refractivity contribution in [3.05, 3.63) is 70.7 Å². The molecule has 37 heavy (non-hydrogen) atoms. The van der Waals surface area contributed by atoms with Gasteiger partial charge in [-0.25, -0.2) is 9.78 Å². The second-order valence-corrected chi connectivity index (χ2v) is 10.9. The fourth-order valence-corrected chi connectivity index (χ4v) is 6.18. The maximum Gasteiger partial charge on any atom is 0.329 e. The van der Waals surface area contributed by atoms with Gasteiger partial charge in [0.1, 0.15) is 11.9 Å². The minimum absolute atomic E-state index is 0.151. The number of Topliss-reactive ketones (excluding diaryl/α,β-unsaturated/α-hetero) is 1. The molecule has 2 aromatic heterocycles. The largest absolute Gasteiger partial charge is 0.461 e. The van der Waals surface area contributed by atoms with Crippen LogP contribution in [0.4, 0.5) is 11.5 Å². The third kappa shape index (κ3) is 5.12. The summed E-state index contributed by atoms with van der Waals surface area (Å²) in [6, 6.07) is 11.2.